The lowest BCUT2D eigenvalue weighted by molar-refractivity contribution is -0.113. The highest BCUT2D eigenvalue weighted by Gasteiger charge is 2.15. The molecule has 6 nitrogen and oxygen atoms in total. The number of nitrogens with one attached hydrogen (secondary N) is 1. The molecular formula is C19H13N5OS3. The van der Waals surface area contributed by atoms with Crippen LogP contribution in [0.5, 0.6) is 0 Å². The Balaban J connectivity index is 1.28. The molecule has 9 heteroatoms. The largest absolute Gasteiger partial charge is 0.301 e. The van der Waals surface area contributed by atoms with Crippen molar-refractivity contribution in [2.75, 3.05) is 11.1 Å². The fraction of sp³-hybridized carbons (Fsp3) is 0.0526. The van der Waals surface area contributed by atoms with Gasteiger partial charge in [0.05, 0.1) is 21.7 Å². The van der Waals surface area contributed by atoms with Crippen LogP contribution in [0, 0.1) is 0 Å². The topological polar surface area (TPSA) is 72.2 Å². The summed E-state index contributed by atoms with van der Waals surface area (Å²) in [7, 11) is 0. The zero-order valence-corrected chi connectivity index (χ0v) is 16.9. The predicted octanol–water partition coefficient (Wildman–Crippen LogP) is 4.80. The molecule has 5 rings (SSSR count). The summed E-state index contributed by atoms with van der Waals surface area (Å²) < 4.78 is 3.14. The summed E-state index contributed by atoms with van der Waals surface area (Å²) >= 11 is 4.37. The number of thiazole rings is 2. The molecule has 0 saturated heterocycles. The minimum atomic E-state index is -0.116. The number of carbonyl (C=O) groups is 1. The second-order valence-electron chi connectivity index (χ2n) is 5.91. The number of fused-ring (bicyclic) bond motifs is 3. The second kappa shape index (κ2) is 7.34. The number of amides is 1. The van der Waals surface area contributed by atoms with Crippen LogP contribution in [-0.4, -0.2) is 31.2 Å². The summed E-state index contributed by atoms with van der Waals surface area (Å²) in [6, 6.07) is 18.0. The first-order valence-electron chi connectivity index (χ1n) is 8.44. The van der Waals surface area contributed by atoms with Gasteiger partial charge in [0, 0.05) is 10.9 Å². The Bertz CT molecular complexity index is 1270. The lowest BCUT2D eigenvalue weighted by atomic mass is 10.2. The lowest BCUT2D eigenvalue weighted by Gasteiger charge is -2.01. The molecular weight excluding hydrogens is 410 g/mol. The molecule has 0 atom stereocenters. The number of rotatable bonds is 5. The number of benzene rings is 2. The van der Waals surface area contributed by atoms with Crippen LogP contribution >= 0.6 is 34.4 Å². The van der Waals surface area contributed by atoms with Crippen LogP contribution in [0.1, 0.15) is 0 Å². The van der Waals surface area contributed by atoms with E-state index in [1.165, 1.54) is 23.1 Å². The van der Waals surface area contributed by atoms with Gasteiger partial charge in [0.1, 0.15) is 0 Å². The average Bonchev–Trinajstić information content (AvgIpc) is 3.42. The smallest absolute Gasteiger partial charge is 0.236 e. The molecule has 1 N–H and O–H groups in total. The van der Waals surface area contributed by atoms with Gasteiger partial charge in [-0.3, -0.25) is 9.20 Å². The van der Waals surface area contributed by atoms with Crippen molar-refractivity contribution in [3.8, 4) is 11.3 Å². The Morgan fingerprint density at radius 1 is 1.07 bits per heavy atom. The molecule has 0 aliphatic heterocycles. The monoisotopic (exact) mass is 423 g/mol. The molecule has 0 unspecified atom stereocenters. The van der Waals surface area contributed by atoms with Crippen LogP contribution in [0.25, 0.3) is 26.4 Å². The highest BCUT2D eigenvalue weighted by atomic mass is 32.2. The zero-order chi connectivity index (χ0) is 18.9. The van der Waals surface area contributed by atoms with Gasteiger partial charge in [-0.1, -0.05) is 65.6 Å². The van der Waals surface area contributed by atoms with E-state index in [-0.39, 0.29) is 11.7 Å². The molecule has 0 saturated carbocycles. The van der Waals surface area contributed by atoms with Crippen LogP contribution in [0.3, 0.4) is 0 Å². The molecule has 1 amide bonds. The molecule has 3 aromatic heterocycles. The van der Waals surface area contributed by atoms with E-state index in [0.717, 1.165) is 26.4 Å². The number of hydrogen-bond donors (Lipinski definition) is 1. The lowest BCUT2D eigenvalue weighted by Crippen LogP contribution is -2.14. The van der Waals surface area contributed by atoms with Crippen molar-refractivity contribution < 1.29 is 4.79 Å². The number of para-hydroxylation sites is 1. The van der Waals surface area contributed by atoms with E-state index in [2.05, 4.69) is 26.6 Å². The van der Waals surface area contributed by atoms with E-state index in [1.807, 2.05) is 58.3 Å². The third-order valence-electron chi connectivity index (χ3n) is 4.06. The molecule has 0 spiro atoms. The number of hydrogen-bond acceptors (Lipinski definition) is 7. The SMILES string of the molecule is O=C(CSc1nnc2sc3ccccc3n12)Nc1nc(-c2ccccc2)cs1. The van der Waals surface area contributed by atoms with E-state index in [4.69, 9.17) is 0 Å². The van der Waals surface area contributed by atoms with Crippen molar-refractivity contribution in [1.29, 1.82) is 0 Å². The van der Waals surface area contributed by atoms with Gasteiger partial charge in [0.2, 0.25) is 10.9 Å². The van der Waals surface area contributed by atoms with Gasteiger partial charge in [-0.25, -0.2) is 4.98 Å². The number of nitrogens with zero attached hydrogens (tertiary/aromatic N) is 4. The van der Waals surface area contributed by atoms with Crippen molar-refractivity contribution in [2.45, 2.75) is 5.16 Å². The first kappa shape index (κ1) is 17.4. The number of anilines is 1. The Hall–Kier alpha value is -2.75. The van der Waals surface area contributed by atoms with Gasteiger partial charge < -0.3 is 5.32 Å². The van der Waals surface area contributed by atoms with Gasteiger partial charge in [0.15, 0.2) is 10.3 Å². The van der Waals surface area contributed by atoms with E-state index in [0.29, 0.717) is 10.3 Å². The molecule has 2 aromatic carbocycles. The fourth-order valence-corrected chi connectivity index (χ4v) is 5.31. The van der Waals surface area contributed by atoms with Crippen LogP contribution in [0.15, 0.2) is 65.1 Å². The van der Waals surface area contributed by atoms with E-state index < -0.39 is 0 Å². The Labute approximate surface area is 172 Å². The third kappa shape index (κ3) is 3.28. The van der Waals surface area contributed by atoms with Crippen molar-refractivity contribution in [2.24, 2.45) is 0 Å². The normalized spacial score (nSPS) is 11.3. The first-order valence-corrected chi connectivity index (χ1v) is 11.1. The summed E-state index contributed by atoms with van der Waals surface area (Å²) in [4.78, 5) is 17.7. The summed E-state index contributed by atoms with van der Waals surface area (Å²) in [6.45, 7) is 0. The maximum absolute atomic E-state index is 12.4. The molecule has 0 radical (unpaired) electrons. The highest BCUT2D eigenvalue weighted by Crippen LogP contribution is 2.30. The zero-order valence-electron chi connectivity index (χ0n) is 14.4. The fourth-order valence-electron chi connectivity index (χ4n) is 2.81. The van der Waals surface area contributed by atoms with Crippen molar-refractivity contribution in [1.82, 2.24) is 19.6 Å². The van der Waals surface area contributed by atoms with E-state index in [1.54, 1.807) is 11.3 Å². The summed E-state index contributed by atoms with van der Waals surface area (Å²) in [6.07, 6.45) is 0. The first-order chi connectivity index (χ1) is 13.8. The molecule has 138 valence electrons. The molecule has 0 fully saturated rings. The molecule has 28 heavy (non-hydrogen) atoms. The summed E-state index contributed by atoms with van der Waals surface area (Å²) in [5, 5.41) is 14.6. The van der Waals surface area contributed by atoms with Gasteiger partial charge in [-0.15, -0.1) is 21.5 Å². The third-order valence-corrected chi connectivity index (χ3v) is 6.76. The second-order valence-corrected chi connectivity index (χ2v) is 8.72. The van der Waals surface area contributed by atoms with Crippen LogP contribution in [0.4, 0.5) is 5.13 Å². The quantitative estimate of drug-likeness (QED) is 0.411. The number of aromatic nitrogens is 4. The Morgan fingerprint density at radius 2 is 1.89 bits per heavy atom. The molecule has 5 aromatic rings. The maximum atomic E-state index is 12.4. The van der Waals surface area contributed by atoms with Crippen LogP contribution in [0.2, 0.25) is 0 Å². The van der Waals surface area contributed by atoms with Crippen molar-refractivity contribution in [3.63, 3.8) is 0 Å². The minimum Gasteiger partial charge on any atom is -0.301 e. The highest BCUT2D eigenvalue weighted by molar-refractivity contribution is 7.99. The van der Waals surface area contributed by atoms with Gasteiger partial charge >= 0.3 is 0 Å². The summed E-state index contributed by atoms with van der Waals surface area (Å²) in [5.74, 6) is 0.126. The van der Waals surface area contributed by atoms with Crippen LogP contribution < -0.4 is 5.32 Å². The molecule has 0 aliphatic rings. The standard InChI is InChI=1S/C19H13N5OS3/c25-16(21-17-20-13(10-26-17)12-6-2-1-3-7-12)11-27-18-22-23-19-24(18)14-8-4-5-9-15(14)28-19/h1-10H,11H2,(H,20,21,25). The molecule has 3 heterocycles. The maximum Gasteiger partial charge on any atom is 0.236 e. The van der Waals surface area contributed by atoms with Crippen molar-refractivity contribution in [3.05, 3.63) is 60.0 Å². The van der Waals surface area contributed by atoms with Gasteiger partial charge in [-0.2, -0.15) is 0 Å². The minimum absolute atomic E-state index is 0.116. The van der Waals surface area contributed by atoms with E-state index >= 15 is 0 Å². The van der Waals surface area contributed by atoms with E-state index in [9.17, 15) is 4.79 Å². The molecule has 0 aliphatic carbocycles. The van der Waals surface area contributed by atoms with Gasteiger partial charge in [-0.05, 0) is 12.1 Å². The van der Waals surface area contributed by atoms with Crippen molar-refractivity contribution >= 4 is 60.7 Å². The molecule has 0 bridgehead atoms. The van der Waals surface area contributed by atoms with Crippen LogP contribution in [-0.2, 0) is 4.79 Å². The summed E-state index contributed by atoms with van der Waals surface area (Å²) in [5.41, 5.74) is 2.95. The average molecular weight is 424 g/mol. The Morgan fingerprint density at radius 3 is 2.79 bits per heavy atom. The Kier molecular flexibility index (Phi) is 4.55. The number of carbonyl (C=O) groups excluding carboxylic acids is 1. The predicted molar refractivity (Wildman–Crippen MR) is 115 cm³/mol. The number of thioether (sulfide) groups is 1. The van der Waals surface area contributed by atoms with Gasteiger partial charge in [0.25, 0.3) is 0 Å².